The summed E-state index contributed by atoms with van der Waals surface area (Å²) in [6.07, 6.45) is 1.48. The largest absolute Gasteiger partial charge is 0.497 e. The lowest BCUT2D eigenvalue weighted by molar-refractivity contribution is -0.142. The molecular formula is C27H24FN3O4. The van der Waals surface area contributed by atoms with Crippen molar-refractivity contribution in [2.75, 3.05) is 12.4 Å². The molecule has 8 heteroatoms. The van der Waals surface area contributed by atoms with Gasteiger partial charge in [0.15, 0.2) is 11.6 Å². The van der Waals surface area contributed by atoms with Gasteiger partial charge in [0.2, 0.25) is 5.95 Å². The van der Waals surface area contributed by atoms with E-state index < -0.39 is 29.4 Å². The Morgan fingerprint density at radius 2 is 1.86 bits per heavy atom. The van der Waals surface area contributed by atoms with Gasteiger partial charge < -0.3 is 20.1 Å². The number of aromatic amines is 1. The van der Waals surface area contributed by atoms with Gasteiger partial charge in [-0.25, -0.2) is 9.37 Å². The number of carbonyl (C=O) groups is 2. The molecule has 1 saturated carbocycles. The van der Waals surface area contributed by atoms with Crippen LogP contribution >= 0.6 is 0 Å². The maximum absolute atomic E-state index is 16.0. The molecule has 178 valence electrons. The van der Waals surface area contributed by atoms with Crippen molar-refractivity contribution >= 4 is 34.4 Å². The molecule has 35 heavy (non-hydrogen) atoms. The normalized spacial score (nSPS) is 17.4. The summed E-state index contributed by atoms with van der Waals surface area (Å²) in [6.45, 7) is 0. The number of Topliss-reactive ketones (excluding diaryl/α,β-unsaturated/α-hetero) is 1. The average molecular weight is 474 g/mol. The summed E-state index contributed by atoms with van der Waals surface area (Å²) < 4.78 is 21.3. The Hall–Kier alpha value is -4.20. The molecule has 1 fully saturated rings. The number of hydrogen-bond donors (Lipinski definition) is 3. The van der Waals surface area contributed by atoms with Crippen LogP contribution in [0.3, 0.4) is 0 Å². The van der Waals surface area contributed by atoms with Crippen LogP contribution in [0.25, 0.3) is 22.2 Å². The fourth-order valence-corrected chi connectivity index (χ4v) is 4.81. The number of halogens is 1. The Labute approximate surface area is 201 Å². The molecule has 1 aliphatic rings. The van der Waals surface area contributed by atoms with Crippen molar-refractivity contribution in [1.29, 1.82) is 0 Å². The zero-order valence-corrected chi connectivity index (χ0v) is 19.0. The minimum Gasteiger partial charge on any atom is -0.497 e. The number of anilines is 2. The predicted molar refractivity (Wildman–Crippen MR) is 131 cm³/mol. The molecule has 1 heterocycles. The van der Waals surface area contributed by atoms with Crippen LogP contribution < -0.4 is 10.1 Å². The Balaban J connectivity index is 1.58. The number of carboxylic acids is 1. The molecular weight excluding hydrogens is 449 g/mol. The molecule has 4 aromatic rings. The number of rotatable bonds is 7. The lowest BCUT2D eigenvalue weighted by Crippen LogP contribution is -2.26. The standard InChI is InChI=1S/C27H24FN3O4/c1-35-16-10-13-21-22(14-16)30-27(29-21)31-24-17(15-6-3-2-4-7-15)11-12-20(23(24)28)25(32)18-8-5-9-19(18)26(33)34/h2-4,6-7,10-14,18-19H,5,8-9H2,1H3,(H,33,34)(H2,29,30,31)/t18-,19-/m1/s1. The van der Waals surface area contributed by atoms with Crippen LogP contribution in [-0.4, -0.2) is 33.9 Å². The van der Waals surface area contributed by atoms with Gasteiger partial charge in [0, 0.05) is 17.5 Å². The molecule has 3 N–H and O–H groups in total. The van der Waals surface area contributed by atoms with Crippen molar-refractivity contribution in [3.63, 3.8) is 0 Å². The van der Waals surface area contributed by atoms with E-state index in [-0.39, 0.29) is 11.3 Å². The summed E-state index contributed by atoms with van der Waals surface area (Å²) in [7, 11) is 1.57. The second-order valence-corrected chi connectivity index (χ2v) is 8.66. The number of imidazole rings is 1. The van der Waals surface area contributed by atoms with Crippen molar-refractivity contribution < 1.29 is 23.8 Å². The Kier molecular flexibility index (Phi) is 5.94. The van der Waals surface area contributed by atoms with Crippen molar-refractivity contribution in [2.24, 2.45) is 11.8 Å². The van der Waals surface area contributed by atoms with Gasteiger partial charge in [-0.1, -0.05) is 42.8 Å². The van der Waals surface area contributed by atoms with E-state index >= 15 is 4.39 Å². The topological polar surface area (TPSA) is 104 Å². The van der Waals surface area contributed by atoms with Crippen LogP contribution in [0.4, 0.5) is 16.0 Å². The molecule has 0 spiro atoms. The first kappa shape index (κ1) is 22.6. The van der Waals surface area contributed by atoms with Crippen LogP contribution in [-0.2, 0) is 4.79 Å². The second-order valence-electron chi connectivity index (χ2n) is 8.66. The Bertz CT molecular complexity index is 1420. The molecule has 0 radical (unpaired) electrons. The number of hydrogen-bond acceptors (Lipinski definition) is 5. The Morgan fingerprint density at radius 1 is 1.09 bits per heavy atom. The van der Waals surface area contributed by atoms with E-state index in [0.717, 1.165) is 5.56 Å². The van der Waals surface area contributed by atoms with Crippen LogP contribution in [0.2, 0.25) is 0 Å². The number of carbonyl (C=O) groups excluding carboxylic acids is 1. The van der Waals surface area contributed by atoms with Crippen LogP contribution in [0.5, 0.6) is 5.75 Å². The predicted octanol–water partition coefficient (Wildman–Crippen LogP) is 5.80. The number of ether oxygens (including phenoxy) is 1. The van der Waals surface area contributed by atoms with E-state index in [4.69, 9.17) is 4.74 Å². The molecule has 1 aromatic heterocycles. The number of nitrogens with zero attached hydrogens (tertiary/aromatic N) is 1. The summed E-state index contributed by atoms with van der Waals surface area (Å²) in [4.78, 5) is 32.5. The van der Waals surface area contributed by atoms with Gasteiger partial charge in [0.05, 0.1) is 35.3 Å². The highest BCUT2D eigenvalue weighted by molar-refractivity contribution is 6.02. The number of aromatic nitrogens is 2. The maximum atomic E-state index is 16.0. The number of carboxylic acid groups (broad SMARTS) is 1. The molecule has 3 aromatic carbocycles. The van der Waals surface area contributed by atoms with E-state index in [9.17, 15) is 14.7 Å². The van der Waals surface area contributed by atoms with Crippen LogP contribution in [0.15, 0.2) is 60.7 Å². The second kappa shape index (κ2) is 9.21. The number of benzene rings is 3. The highest BCUT2D eigenvalue weighted by Gasteiger charge is 2.39. The first-order valence-electron chi connectivity index (χ1n) is 11.4. The monoisotopic (exact) mass is 473 g/mol. The molecule has 0 unspecified atom stereocenters. The van der Waals surface area contributed by atoms with Gasteiger partial charge in [0.25, 0.3) is 0 Å². The number of ketones is 1. The minimum atomic E-state index is -1.02. The van der Waals surface area contributed by atoms with E-state index in [1.807, 2.05) is 30.3 Å². The highest BCUT2D eigenvalue weighted by atomic mass is 19.1. The lowest BCUT2D eigenvalue weighted by Gasteiger charge is -2.18. The zero-order valence-electron chi connectivity index (χ0n) is 19.0. The van der Waals surface area contributed by atoms with Crippen LogP contribution in [0.1, 0.15) is 29.6 Å². The summed E-state index contributed by atoms with van der Waals surface area (Å²) in [5.74, 6) is -2.80. The van der Waals surface area contributed by atoms with E-state index in [1.54, 1.807) is 31.4 Å². The number of fused-ring (bicyclic) bond motifs is 1. The third-order valence-corrected chi connectivity index (χ3v) is 6.59. The molecule has 0 bridgehead atoms. The van der Waals surface area contributed by atoms with Gasteiger partial charge in [0.1, 0.15) is 5.75 Å². The van der Waals surface area contributed by atoms with E-state index in [0.29, 0.717) is 47.6 Å². The van der Waals surface area contributed by atoms with E-state index in [1.165, 1.54) is 6.07 Å². The lowest BCUT2D eigenvalue weighted by atomic mass is 9.87. The first-order chi connectivity index (χ1) is 17.0. The summed E-state index contributed by atoms with van der Waals surface area (Å²) >= 11 is 0. The maximum Gasteiger partial charge on any atom is 0.307 e. The third-order valence-electron chi connectivity index (χ3n) is 6.59. The zero-order chi connectivity index (χ0) is 24.5. The number of H-pyrrole nitrogens is 1. The van der Waals surface area contributed by atoms with Crippen molar-refractivity contribution in [3.8, 4) is 16.9 Å². The fourth-order valence-electron chi connectivity index (χ4n) is 4.81. The third kappa shape index (κ3) is 4.23. The summed E-state index contributed by atoms with van der Waals surface area (Å²) in [5.41, 5.74) is 2.66. The van der Waals surface area contributed by atoms with Gasteiger partial charge >= 0.3 is 5.97 Å². The molecule has 0 saturated heterocycles. The highest BCUT2D eigenvalue weighted by Crippen LogP contribution is 2.39. The molecule has 7 nitrogen and oxygen atoms in total. The first-order valence-corrected chi connectivity index (χ1v) is 11.4. The number of nitrogens with one attached hydrogen (secondary N) is 2. The SMILES string of the molecule is COc1ccc2nc(Nc3c(-c4ccccc4)ccc(C(=O)[C@@H]4CCC[C@H]4C(=O)O)c3F)[nH]c2c1. The van der Waals surface area contributed by atoms with Crippen molar-refractivity contribution in [2.45, 2.75) is 19.3 Å². The van der Waals surface area contributed by atoms with Gasteiger partial charge in [-0.3, -0.25) is 9.59 Å². The summed E-state index contributed by atoms with van der Waals surface area (Å²) in [5, 5.41) is 12.6. The quantitative estimate of drug-likeness (QED) is 0.293. The minimum absolute atomic E-state index is 0.0953. The number of methoxy groups -OCH3 is 1. The fraction of sp³-hybridized carbons (Fsp3) is 0.222. The van der Waals surface area contributed by atoms with Crippen LogP contribution in [0, 0.1) is 17.7 Å². The van der Waals surface area contributed by atoms with Gasteiger partial charge in [-0.15, -0.1) is 0 Å². The van der Waals surface area contributed by atoms with Gasteiger partial charge in [-0.05, 0) is 36.6 Å². The van der Waals surface area contributed by atoms with E-state index in [2.05, 4.69) is 15.3 Å². The molecule has 1 aliphatic carbocycles. The summed E-state index contributed by atoms with van der Waals surface area (Å²) in [6, 6.07) is 17.7. The molecule has 0 aliphatic heterocycles. The Morgan fingerprint density at radius 3 is 2.60 bits per heavy atom. The smallest absolute Gasteiger partial charge is 0.307 e. The molecule has 5 rings (SSSR count). The van der Waals surface area contributed by atoms with Crippen molar-refractivity contribution in [1.82, 2.24) is 9.97 Å². The molecule has 0 amide bonds. The van der Waals surface area contributed by atoms with Crippen molar-refractivity contribution in [3.05, 3.63) is 72.0 Å². The number of aliphatic carboxylic acids is 1. The molecule has 2 atom stereocenters. The van der Waals surface area contributed by atoms with Gasteiger partial charge in [-0.2, -0.15) is 0 Å². The average Bonchev–Trinajstić information content (AvgIpc) is 3.52.